The van der Waals surface area contributed by atoms with Gasteiger partial charge in [0.2, 0.25) is 0 Å². The van der Waals surface area contributed by atoms with Crippen molar-refractivity contribution < 1.29 is 4.42 Å². The number of anilines is 6. The van der Waals surface area contributed by atoms with Gasteiger partial charge in [-0.1, -0.05) is 284 Å². The molecule has 13 aromatic carbocycles. The average molecular weight is 1160 g/mol. The lowest BCUT2D eigenvalue weighted by atomic mass is 9.67. The Morgan fingerprint density at radius 3 is 1.19 bits per heavy atom. The van der Waals surface area contributed by atoms with E-state index in [-0.39, 0.29) is 10.8 Å². The minimum Gasteiger partial charge on any atom is -0.455 e. The lowest BCUT2D eigenvalue weighted by Gasteiger charge is -2.36. The van der Waals surface area contributed by atoms with Crippen LogP contribution in [0.5, 0.6) is 0 Å². The first kappa shape index (κ1) is 55.8. The zero-order chi connectivity index (χ0) is 61.1. The Hall–Kier alpha value is -10.7. The molecule has 0 saturated heterocycles. The number of hydrogen-bond acceptors (Lipinski definition) is 3. The molecule has 0 radical (unpaired) electrons. The minimum atomic E-state index is -0.868. The van der Waals surface area contributed by atoms with Gasteiger partial charge in [-0.3, -0.25) is 0 Å². The van der Waals surface area contributed by atoms with Crippen molar-refractivity contribution in [3.05, 3.63) is 349 Å². The van der Waals surface area contributed by atoms with Gasteiger partial charge in [-0.05, 0) is 156 Å². The van der Waals surface area contributed by atoms with E-state index in [9.17, 15) is 0 Å². The molecule has 0 fully saturated rings. The lowest BCUT2D eigenvalue weighted by molar-refractivity contribution is 0.590. The fraction of sp³-hybridized carbons (Fsp3) is 0.103. The Bertz CT molecular complexity index is 4870. The van der Waals surface area contributed by atoms with Crippen LogP contribution in [0.3, 0.4) is 0 Å². The Balaban J connectivity index is 1.05. The van der Waals surface area contributed by atoms with Crippen molar-refractivity contribution in [3.8, 4) is 55.6 Å². The van der Waals surface area contributed by atoms with Gasteiger partial charge in [-0.25, -0.2) is 0 Å². The summed E-state index contributed by atoms with van der Waals surface area (Å²) in [7, 11) is 0. The second-order valence-corrected chi connectivity index (χ2v) is 26.0. The minimum absolute atomic E-state index is 0.0404. The molecule has 1 aliphatic carbocycles. The van der Waals surface area contributed by atoms with E-state index in [1.54, 1.807) is 0 Å². The molecule has 1 aliphatic rings. The van der Waals surface area contributed by atoms with Crippen molar-refractivity contribution in [2.45, 2.75) is 57.8 Å². The summed E-state index contributed by atoms with van der Waals surface area (Å²) in [6.45, 7) is 13.7. The fourth-order valence-corrected chi connectivity index (χ4v) is 14.0. The number of nitrogens with zero attached hydrogens (tertiary/aromatic N) is 2. The summed E-state index contributed by atoms with van der Waals surface area (Å²) in [5.41, 5.74) is 25.6. The van der Waals surface area contributed by atoms with Gasteiger partial charge >= 0.3 is 0 Å². The monoisotopic (exact) mass is 1160 g/mol. The maximum absolute atomic E-state index is 7.57. The molecule has 0 atom stereocenters. The summed E-state index contributed by atoms with van der Waals surface area (Å²) in [6, 6.07) is 117. The van der Waals surface area contributed by atoms with E-state index in [1.807, 2.05) is 0 Å². The van der Waals surface area contributed by atoms with Gasteiger partial charge in [0.25, 0.3) is 0 Å². The third-order valence-electron chi connectivity index (χ3n) is 18.5. The van der Waals surface area contributed by atoms with Crippen molar-refractivity contribution in [2.24, 2.45) is 0 Å². The molecule has 14 aromatic rings. The van der Waals surface area contributed by atoms with Gasteiger partial charge in [0.15, 0.2) is 0 Å². The van der Waals surface area contributed by atoms with Crippen LogP contribution in [0.2, 0.25) is 0 Å². The highest BCUT2D eigenvalue weighted by atomic mass is 16.3. The van der Waals surface area contributed by atoms with E-state index in [1.165, 1.54) is 22.3 Å². The van der Waals surface area contributed by atoms with Crippen molar-refractivity contribution in [1.29, 1.82) is 0 Å². The van der Waals surface area contributed by atoms with Gasteiger partial charge in [0.1, 0.15) is 11.2 Å². The standard InChI is InChI=1S/C87H70N2O/c1-85(2,3)65-43-47-69(48-44-65)88(78-53-41-63(59-27-13-7-14-28-59)55-74(78)61-31-17-9-18-32-61)71-51-52-72-76(57-71)87(67-35-21-11-22-36-67,68-37-23-12-24-38-68)77-58-80(83-73-39-25-26-40-81(73)90-84(83)82(72)77)89(70-49-45-66(46-50-70)86(4,5)6)79-54-42-64(60-29-15-8-16-30-60)56-75(79)62-33-19-10-20-34-62/h7-58H,1-6H3. The summed E-state index contributed by atoms with van der Waals surface area (Å²) < 4.78 is 7.57. The number of benzene rings is 13. The van der Waals surface area contributed by atoms with Gasteiger partial charge in [0.05, 0.1) is 27.9 Å². The van der Waals surface area contributed by atoms with Crippen molar-refractivity contribution >= 4 is 56.1 Å². The SMILES string of the molecule is CC(C)(C)c1ccc(N(c2ccc3c(c2)C(c2ccccc2)(c2ccccc2)c2cc(N(c4ccc(C(C)(C)C)cc4)c4ccc(-c5ccccc5)cc4-c4ccccc4)c4c(oc5ccccc54)c2-3)c2ccc(-c3ccccc3)cc2-c2ccccc2)cc1. The van der Waals surface area contributed by atoms with E-state index < -0.39 is 5.41 Å². The summed E-state index contributed by atoms with van der Waals surface area (Å²) in [5, 5.41) is 2.10. The molecule has 0 unspecified atom stereocenters. The Labute approximate surface area is 529 Å². The molecule has 3 nitrogen and oxygen atoms in total. The number of para-hydroxylation sites is 1. The predicted molar refractivity (Wildman–Crippen MR) is 380 cm³/mol. The second-order valence-electron chi connectivity index (χ2n) is 26.0. The van der Waals surface area contributed by atoms with Crippen LogP contribution in [0, 0.1) is 0 Å². The Morgan fingerprint density at radius 1 is 0.300 bits per heavy atom. The number of furan rings is 1. The molecule has 15 rings (SSSR count). The maximum Gasteiger partial charge on any atom is 0.145 e. The molecule has 0 N–H and O–H groups in total. The largest absolute Gasteiger partial charge is 0.455 e. The summed E-state index contributed by atoms with van der Waals surface area (Å²) in [6.07, 6.45) is 0. The highest BCUT2D eigenvalue weighted by Gasteiger charge is 2.49. The summed E-state index contributed by atoms with van der Waals surface area (Å²) >= 11 is 0. The quantitative estimate of drug-likeness (QED) is 0.122. The van der Waals surface area contributed by atoms with Crippen LogP contribution < -0.4 is 9.80 Å². The zero-order valence-corrected chi connectivity index (χ0v) is 51.8. The van der Waals surface area contributed by atoms with Crippen LogP contribution >= 0.6 is 0 Å². The molecular weight excluding hydrogens is 1090 g/mol. The molecule has 90 heavy (non-hydrogen) atoms. The van der Waals surface area contributed by atoms with E-state index >= 15 is 0 Å². The predicted octanol–water partition coefficient (Wildman–Crippen LogP) is 24.2. The molecule has 0 amide bonds. The van der Waals surface area contributed by atoms with Crippen LogP contribution in [0.15, 0.2) is 320 Å². The molecule has 1 heterocycles. The molecule has 1 aromatic heterocycles. The fourth-order valence-electron chi connectivity index (χ4n) is 14.0. The first-order chi connectivity index (χ1) is 43.9. The lowest BCUT2D eigenvalue weighted by Crippen LogP contribution is -2.29. The van der Waals surface area contributed by atoms with E-state index in [0.717, 1.165) is 123 Å². The van der Waals surface area contributed by atoms with Crippen molar-refractivity contribution in [3.63, 3.8) is 0 Å². The van der Waals surface area contributed by atoms with Crippen molar-refractivity contribution in [2.75, 3.05) is 9.80 Å². The smallest absolute Gasteiger partial charge is 0.145 e. The normalized spacial score (nSPS) is 12.6. The third kappa shape index (κ3) is 9.70. The van der Waals surface area contributed by atoms with Crippen LogP contribution in [-0.4, -0.2) is 0 Å². The molecule has 3 heteroatoms. The highest BCUT2D eigenvalue weighted by molar-refractivity contribution is 6.20. The van der Waals surface area contributed by atoms with Crippen LogP contribution in [-0.2, 0) is 16.2 Å². The van der Waals surface area contributed by atoms with Crippen LogP contribution in [0.1, 0.15) is 74.9 Å². The van der Waals surface area contributed by atoms with Crippen LogP contribution in [0.25, 0.3) is 77.6 Å². The Kier molecular flexibility index (Phi) is 13.9. The number of rotatable bonds is 12. The van der Waals surface area contributed by atoms with Crippen molar-refractivity contribution in [1.82, 2.24) is 0 Å². The van der Waals surface area contributed by atoms with Gasteiger partial charge in [-0.2, -0.15) is 0 Å². The third-order valence-corrected chi connectivity index (χ3v) is 18.5. The zero-order valence-electron chi connectivity index (χ0n) is 51.8. The maximum atomic E-state index is 7.57. The molecular formula is C87H70N2O. The number of hydrogen-bond donors (Lipinski definition) is 0. The van der Waals surface area contributed by atoms with E-state index in [4.69, 9.17) is 4.42 Å². The van der Waals surface area contributed by atoms with E-state index in [2.05, 4.69) is 367 Å². The Morgan fingerprint density at radius 2 is 0.711 bits per heavy atom. The van der Waals surface area contributed by atoms with E-state index in [0.29, 0.717) is 0 Å². The van der Waals surface area contributed by atoms with Gasteiger partial charge < -0.3 is 14.2 Å². The molecule has 434 valence electrons. The summed E-state index contributed by atoms with van der Waals surface area (Å²) in [4.78, 5) is 5.01. The second kappa shape index (κ2) is 22.4. The topological polar surface area (TPSA) is 19.6 Å². The average Bonchev–Trinajstić information content (AvgIpc) is 1.51. The highest BCUT2D eigenvalue weighted by Crippen LogP contribution is 2.62. The van der Waals surface area contributed by atoms with Gasteiger partial charge in [-0.15, -0.1) is 0 Å². The molecule has 0 aliphatic heterocycles. The first-order valence-corrected chi connectivity index (χ1v) is 31.5. The van der Waals surface area contributed by atoms with Gasteiger partial charge in [0, 0.05) is 39.1 Å². The first-order valence-electron chi connectivity index (χ1n) is 31.5. The van der Waals surface area contributed by atoms with Crippen LogP contribution in [0.4, 0.5) is 34.1 Å². The number of fused-ring (bicyclic) bond motifs is 7. The molecule has 0 spiro atoms. The molecule has 0 saturated carbocycles. The molecule has 0 bridgehead atoms. The summed E-state index contributed by atoms with van der Waals surface area (Å²) in [5.74, 6) is 0.